The summed E-state index contributed by atoms with van der Waals surface area (Å²) in [4.78, 5) is 14.1. The highest BCUT2D eigenvalue weighted by Gasteiger charge is 2.36. The Morgan fingerprint density at radius 3 is 2.72 bits per heavy atom. The first-order valence-corrected chi connectivity index (χ1v) is 6.11. The second-order valence-electron chi connectivity index (χ2n) is 4.90. The van der Waals surface area contributed by atoms with Gasteiger partial charge in [-0.05, 0) is 25.7 Å². The molecule has 4 heterocycles. The number of carbonyl (C=O) groups is 1. The van der Waals surface area contributed by atoms with Crippen LogP contribution in [0.5, 0.6) is 0 Å². The fraction of sp³-hybridized carbons (Fsp3) is 0.667. The van der Waals surface area contributed by atoms with Crippen LogP contribution in [0.3, 0.4) is 0 Å². The number of hydrogen-bond acceptors (Lipinski definition) is 5. The molecule has 0 aliphatic carbocycles. The first-order chi connectivity index (χ1) is 8.22. The van der Waals surface area contributed by atoms with E-state index in [4.69, 9.17) is 9.26 Å². The molecule has 0 saturated carbocycles. The lowest BCUT2D eigenvalue weighted by molar-refractivity contribution is -0.0904. The zero-order valence-corrected chi connectivity index (χ0v) is 11.1. The normalized spacial score (nSPS) is 29.7. The van der Waals surface area contributed by atoms with E-state index in [1.54, 1.807) is 13.0 Å². The SMILES string of the molecule is Cc1cc(C(=O)OC2CC3CCN2CC3)no1.Cl. The van der Waals surface area contributed by atoms with E-state index in [1.807, 2.05) is 0 Å². The highest BCUT2D eigenvalue weighted by Crippen LogP contribution is 2.32. The molecule has 0 N–H and O–H groups in total. The fourth-order valence-electron chi connectivity index (χ4n) is 2.68. The largest absolute Gasteiger partial charge is 0.442 e. The predicted molar refractivity (Wildman–Crippen MR) is 66.6 cm³/mol. The van der Waals surface area contributed by atoms with Gasteiger partial charge in [-0.2, -0.15) is 0 Å². The summed E-state index contributed by atoms with van der Waals surface area (Å²) in [6, 6.07) is 1.61. The Bertz CT molecular complexity index is 427. The Morgan fingerprint density at radius 2 is 2.22 bits per heavy atom. The summed E-state index contributed by atoms with van der Waals surface area (Å²) in [6.07, 6.45) is 3.36. The monoisotopic (exact) mass is 272 g/mol. The summed E-state index contributed by atoms with van der Waals surface area (Å²) in [5.41, 5.74) is 0.269. The third kappa shape index (κ3) is 2.52. The van der Waals surface area contributed by atoms with E-state index in [1.165, 1.54) is 12.8 Å². The van der Waals surface area contributed by atoms with E-state index in [0.29, 0.717) is 5.76 Å². The third-order valence-corrected chi connectivity index (χ3v) is 3.67. The lowest BCUT2D eigenvalue weighted by Gasteiger charge is -2.44. The molecule has 0 aromatic carbocycles. The van der Waals surface area contributed by atoms with Crippen molar-refractivity contribution in [1.29, 1.82) is 0 Å². The molecule has 1 aromatic rings. The molecule has 5 nitrogen and oxygen atoms in total. The minimum Gasteiger partial charge on any atom is -0.442 e. The summed E-state index contributed by atoms with van der Waals surface area (Å²) in [6.45, 7) is 3.84. The summed E-state index contributed by atoms with van der Waals surface area (Å²) in [5, 5.41) is 3.68. The van der Waals surface area contributed by atoms with Gasteiger partial charge in [0.15, 0.2) is 11.9 Å². The number of fused-ring (bicyclic) bond motifs is 3. The quantitative estimate of drug-likeness (QED) is 0.771. The van der Waals surface area contributed by atoms with Crippen LogP contribution in [0.1, 0.15) is 35.5 Å². The summed E-state index contributed by atoms with van der Waals surface area (Å²) in [7, 11) is 0. The molecule has 3 aliphatic rings. The molecule has 1 unspecified atom stereocenters. The van der Waals surface area contributed by atoms with E-state index in [0.717, 1.165) is 25.4 Å². The van der Waals surface area contributed by atoms with Crippen LogP contribution in [0.25, 0.3) is 0 Å². The molecule has 100 valence electrons. The van der Waals surface area contributed by atoms with Gasteiger partial charge in [0.25, 0.3) is 0 Å². The first-order valence-electron chi connectivity index (χ1n) is 6.11. The molecule has 1 aromatic heterocycles. The highest BCUT2D eigenvalue weighted by atomic mass is 35.5. The number of piperidine rings is 3. The summed E-state index contributed by atoms with van der Waals surface area (Å²) < 4.78 is 10.4. The Labute approximate surface area is 112 Å². The van der Waals surface area contributed by atoms with E-state index in [9.17, 15) is 4.79 Å². The molecule has 0 spiro atoms. The molecule has 6 heteroatoms. The molecule has 4 rings (SSSR count). The Hall–Kier alpha value is -1.07. The van der Waals surface area contributed by atoms with Gasteiger partial charge in [-0.1, -0.05) is 5.16 Å². The number of carbonyl (C=O) groups excluding carboxylic acids is 1. The highest BCUT2D eigenvalue weighted by molar-refractivity contribution is 5.87. The molecule has 3 aliphatic heterocycles. The van der Waals surface area contributed by atoms with Gasteiger partial charge in [0, 0.05) is 25.6 Å². The van der Waals surface area contributed by atoms with Crippen LogP contribution >= 0.6 is 12.4 Å². The van der Waals surface area contributed by atoms with Crippen molar-refractivity contribution in [2.75, 3.05) is 13.1 Å². The van der Waals surface area contributed by atoms with E-state index in [2.05, 4.69) is 10.1 Å². The van der Waals surface area contributed by atoms with E-state index in [-0.39, 0.29) is 30.3 Å². The maximum Gasteiger partial charge on any atom is 0.362 e. The fourth-order valence-corrected chi connectivity index (χ4v) is 2.68. The Morgan fingerprint density at radius 1 is 1.50 bits per heavy atom. The van der Waals surface area contributed by atoms with Crippen LogP contribution in [0.4, 0.5) is 0 Å². The first kappa shape index (κ1) is 13.4. The van der Waals surface area contributed by atoms with E-state index >= 15 is 0 Å². The topological polar surface area (TPSA) is 55.6 Å². The standard InChI is InChI=1S/C12H16N2O3.ClH/c1-8-6-10(13-17-8)12(15)16-11-7-9-2-4-14(11)5-3-9;/h6,9,11H,2-5,7H2,1H3;1H. The molecule has 1 atom stereocenters. The van der Waals surface area contributed by atoms with Crippen molar-refractivity contribution in [3.8, 4) is 0 Å². The molecule has 0 amide bonds. The number of ether oxygens (including phenoxy) is 1. The smallest absolute Gasteiger partial charge is 0.362 e. The minimum absolute atomic E-state index is 0. The lowest BCUT2D eigenvalue weighted by atomic mass is 9.87. The molecular weight excluding hydrogens is 256 g/mol. The average molecular weight is 273 g/mol. The van der Waals surface area contributed by atoms with Gasteiger partial charge in [0.1, 0.15) is 5.76 Å². The Balaban J connectivity index is 0.00000120. The second-order valence-corrected chi connectivity index (χ2v) is 4.90. The van der Waals surface area contributed by atoms with Crippen LogP contribution in [0.15, 0.2) is 10.6 Å². The van der Waals surface area contributed by atoms with Crippen molar-refractivity contribution < 1.29 is 14.1 Å². The molecule has 18 heavy (non-hydrogen) atoms. The minimum atomic E-state index is -0.376. The lowest BCUT2D eigenvalue weighted by Crippen LogP contribution is -2.50. The van der Waals surface area contributed by atoms with Crippen molar-refractivity contribution >= 4 is 18.4 Å². The number of rotatable bonds is 2. The maximum absolute atomic E-state index is 11.8. The summed E-state index contributed by atoms with van der Waals surface area (Å²) >= 11 is 0. The number of nitrogens with zero attached hydrogens (tertiary/aromatic N) is 2. The van der Waals surface area contributed by atoms with Crippen LogP contribution in [0, 0.1) is 12.8 Å². The predicted octanol–water partition coefficient (Wildman–Crippen LogP) is 2.00. The van der Waals surface area contributed by atoms with Gasteiger partial charge in [0.2, 0.25) is 0 Å². The van der Waals surface area contributed by atoms with E-state index < -0.39 is 0 Å². The van der Waals surface area contributed by atoms with Gasteiger partial charge < -0.3 is 9.26 Å². The van der Waals surface area contributed by atoms with Gasteiger partial charge in [-0.15, -0.1) is 12.4 Å². The molecule has 3 saturated heterocycles. The Kier molecular flexibility index (Phi) is 3.92. The zero-order chi connectivity index (χ0) is 11.8. The summed E-state index contributed by atoms with van der Waals surface area (Å²) in [5.74, 6) is 0.971. The van der Waals surface area contributed by atoms with Crippen LogP contribution in [0.2, 0.25) is 0 Å². The number of aromatic nitrogens is 1. The van der Waals surface area contributed by atoms with Crippen molar-refractivity contribution in [3.63, 3.8) is 0 Å². The van der Waals surface area contributed by atoms with Crippen molar-refractivity contribution in [2.45, 2.75) is 32.4 Å². The average Bonchev–Trinajstić information content (AvgIpc) is 2.77. The second kappa shape index (κ2) is 5.28. The molecular formula is C12H17ClN2O3. The van der Waals surface area contributed by atoms with Crippen molar-refractivity contribution in [1.82, 2.24) is 10.1 Å². The number of esters is 1. The number of halogens is 1. The maximum atomic E-state index is 11.8. The number of aryl methyl sites for hydroxylation is 1. The van der Waals surface area contributed by atoms with Crippen LogP contribution < -0.4 is 0 Å². The van der Waals surface area contributed by atoms with Crippen molar-refractivity contribution in [2.24, 2.45) is 5.92 Å². The van der Waals surface area contributed by atoms with Gasteiger partial charge in [0.05, 0.1) is 0 Å². The molecule has 0 radical (unpaired) electrons. The molecule has 2 bridgehead atoms. The van der Waals surface area contributed by atoms with Crippen LogP contribution in [-0.4, -0.2) is 35.3 Å². The molecule has 3 fully saturated rings. The van der Waals surface area contributed by atoms with Gasteiger partial charge >= 0.3 is 5.97 Å². The van der Waals surface area contributed by atoms with Gasteiger partial charge in [-0.3, -0.25) is 4.90 Å². The zero-order valence-electron chi connectivity index (χ0n) is 10.3. The third-order valence-electron chi connectivity index (χ3n) is 3.67. The van der Waals surface area contributed by atoms with Crippen molar-refractivity contribution in [3.05, 3.63) is 17.5 Å². The van der Waals surface area contributed by atoms with Crippen LogP contribution in [-0.2, 0) is 4.74 Å². The van der Waals surface area contributed by atoms with Gasteiger partial charge in [-0.25, -0.2) is 4.79 Å². The number of hydrogen-bond donors (Lipinski definition) is 0.